The van der Waals surface area contributed by atoms with Crippen LogP contribution in [0.25, 0.3) is 11.8 Å². The lowest BCUT2D eigenvalue weighted by Crippen LogP contribution is -2.21. The number of aromatic nitrogens is 2. The molecule has 1 aromatic heterocycles. The zero-order chi connectivity index (χ0) is 19.6. The third-order valence-electron chi connectivity index (χ3n) is 4.76. The van der Waals surface area contributed by atoms with E-state index in [0.29, 0.717) is 5.02 Å². The van der Waals surface area contributed by atoms with Gasteiger partial charge in [-0.2, -0.15) is 5.10 Å². The zero-order valence-corrected chi connectivity index (χ0v) is 16.7. The van der Waals surface area contributed by atoms with Crippen LogP contribution in [0.4, 0.5) is 0 Å². The van der Waals surface area contributed by atoms with Crippen LogP contribution in [-0.2, 0) is 29.4 Å². The molecule has 0 spiro atoms. The van der Waals surface area contributed by atoms with Crippen molar-refractivity contribution in [2.45, 2.75) is 25.8 Å². The molecule has 0 radical (unpaired) electrons. The summed E-state index contributed by atoms with van der Waals surface area (Å²) < 4.78 is 29.3. The average Bonchev–Trinajstić information content (AvgIpc) is 3.30. The Morgan fingerprint density at radius 1 is 1.07 bits per heavy atom. The van der Waals surface area contributed by atoms with Crippen LogP contribution in [0, 0.1) is 0 Å². The Bertz CT molecular complexity index is 1100. The van der Waals surface area contributed by atoms with Gasteiger partial charge in [-0.15, -0.1) is 0 Å². The monoisotopic (exact) mass is 413 g/mol. The number of nitrogens with one attached hydrogen (secondary N) is 1. The highest BCUT2D eigenvalue weighted by molar-refractivity contribution is 7.92. The summed E-state index contributed by atoms with van der Waals surface area (Å²) in [5.74, 6) is 0. The number of halogens is 1. The minimum Gasteiger partial charge on any atom is -0.237 e. The van der Waals surface area contributed by atoms with E-state index in [1.54, 1.807) is 30.3 Å². The van der Waals surface area contributed by atoms with Gasteiger partial charge >= 0.3 is 0 Å². The predicted molar refractivity (Wildman–Crippen MR) is 112 cm³/mol. The van der Waals surface area contributed by atoms with Crippen molar-refractivity contribution in [3.63, 3.8) is 0 Å². The summed E-state index contributed by atoms with van der Waals surface area (Å²) in [6.07, 6.45) is 4.50. The fraction of sp³-hybridized carbons (Fsp3) is 0.190. The van der Waals surface area contributed by atoms with Gasteiger partial charge in [0.1, 0.15) is 0 Å². The van der Waals surface area contributed by atoms with Crippen LogP contribution in [0.3, 0.4) is 0 Å². The van der Waals surface area contributed by atoms with E-state index in [1.807, 2.05) is 35.0 Å². The highest BCUT2D eigenvalue weighted by atomic mass is 35.5. The molecular weight excluding hydrogens is 394 g/mol. The first-order chi connectivity index (χ1) is 13.5. The second-order valence-corrected chi connectivity index (χ2v) is 8.78. The molecule has 5 nitrogen and oxygen atoms in total. The quantitative estimate of drug-likeness (QED) is 0.661. The lowest BCUT2D eigenvalue weighted by atomic mass is 10.2. The van der Waals surface area contributed by atoms with Gasteiger partial charge in [-0.05, 0) is 60.7 Å². The van der Waals surface area contributed by atoms with E-state index in [4.69, 9.17) is 11.6 Å². The summed E-state index contributed by atoms with van der Waals surface area (Å²) in [6, 6.07) is 16.9. The van der Waals surface area contributed by atoms with Crippen molar-refractivity contribution in [1.29, 1.82) is 0 Å². The number of fused-ring (bicyclic) bond motifs is 1. The molecule has 28 heavy (non-hydrogen) atoms. The Kier molecular flexibility index (Phi) is 5.35. The number of nitrogens with zero attached hydrogens (tertiary/aromatic N) is 2. The molecule has 0 fully saturated rings. The molecule has 0 aliphatic heterocycles. The molecule has 1 N–H and O–H groups in total. The van der Waals surface area contributed by atoms with Crippen LogP contribution >= 0.6 is 11.6 Å². The largest absolute Gasteiger partial charge is 0.237 e. The highest BCUT2D eigenvalue weighted by Gasteiger charge is 2.23. The molecular formula is C21H20ClN3O2S. The van der Waals surface area contributed by atoms with E-state index in [9.17, 15) is 8.42 Å². The summed E-state index contributed by atoms with van der Waals surface area (Å²) in [4.78, 5) is 0. The van der Waals surface area contributed by atoms with Gasteiger partial charge in [0.15, 0.2) is 0 Å². The van der Waals surface area contributed by atoms with Crippen LogP contribution in [-0.4, -0.2) is 18.2 Å². The van der Waals surface area contributed by atoms with E-state index in [-0.39, 0.29) is 6.54 Å². The van der Waals surface area contributed by atoms with Crippen LogP contribution < -0.4 is 4.72 Å². The Hall–Kier alpha value is -2.41. The van der Waals surface area contributed by atoms with Gasteiger partial charge in [-0.1, -0.05) is 41.9 Å². The summed E-state index contributed by atoms with van der Waals surface area (Å²) in [5.41, 5.74) is 4.89. The number of sulfonamides is 1. The third-order valence-corrected chi connectivity index (χ3v) is 6.06. The molecule has 0 amide bonds. The smallest absolute Gasteiger partial charge is 0.234 e. The fourth-order valence-electron chi connectivity index (χ4n) is 3.40. The molecule has 0 bridgehead atoms. The van der Waals surface area contributed by atoms with Crippen molar-refractivity contribution in [1.82, 2.24) is 14.5 Å². The van der Waals surface area contributed by atoms with Crippen molar-refractivity contribution >= 4 is 27.7 Å². The molecule has 0 saturated carbocycles. The normalized spacial score (nSPS) is 13.9. The van der Waals surface area contributed by atoms with Gasteiger partial charge in [0.05, 0.1) is 17.9 Å². The molecule has 0 saturated heterocycles. The summed E-state index contributed by atoms with van der Waals surface area (Å²) >= 11 is 5.85. The van der Waals surface area contributed by atoms with Crippen LogP contribution in [0.1, 0.15) is 28.9 Å². The first-order valence-electron chi connectivity index (χ1n) is 9.10. The third kappa shape index (κ3) is 4.19. The summed E-state index contributed by atoms with van der Waals surface area (Å²) in [5, 5.41) is 6.47. The molecule has 7 heteroatoms. The highest BCUT2D eigenvalue weighted by Crippen LogP contribution is 2.27. The van der Waals surface area contributed by atoms with E-state index in [2.05, 4.69) is 9.82 Å². The first-order valence-corrected chi connectivity index (χ1v) is 11.0. The van der Waals surface area contributed by atoms with Gasteiger partial charge in [0, 0.05) is 16.1 Å². The standard InChI is InChI=1S/C21H20ClN3O2S/c22-17-11-9-16(10-12-17)13-14-28(26,27)23-15-20-19-7-4-8-21(19)25(24-20)18-5-2-1-3-6-18/h1-3,5-6,9-14,23H,4,7-8,15H2/b14-13+. The lowest BCUT2D eigenvalue weighted by molar-refractivity contribution is 0.589. The van der Waals surface area contributed by atoms with E-state index in [1.165, 1.54) is 11.1 Å². The average molecular weight is 414 g/mol. The second-order valence-electron chi connectivity index (χ2n) is 6.69. The Balaban J connectivity index is 1.51. The maximum atomic E-state index is 12.4. The van der Waals surface area contributed by atoms with Gasteiger partial charge in [-0.25, -0.2) is 17.8 Å². The first kappa shape index (κ1) is 18.9. The number of hydrogen-bond acceptors (Lipinski definition) is 3. The molecule has 144 valence electrons. The van der Waals surface area contributed by atoms with Gasteiger partial charge in [-0.3, -0.25) is 0 Å². The van der Waals surface area contributed by atoms with Gasteiger partial charge in [0.2, 0.25) is 10.0 Å². The molecule has 1 aliphatic rings. The van der Waals surface area contributed by atoms with E-state index >= 15 is 0 Å². The number of hydrogen-bond donors (Lipinski definition) is 1. The van der Waals surface area contributed by atoms with Gasteiger partial charge in [0.25, 0.3) is 0 Å². The predicted octanol–water partition coefficient (Wildman–Crippen LogP) is 4.10. The lowest BCUT2D eigenvalue weighted by Gasteiger charge is -2.05. The fourth-order valence-corrected chi connectivity index (χ4v) is 4.29. The van der Waals surface area contributed by atoms with Crippen LogP contribution in [0.2, 0.25) is 5.02 Å². The molecule has 1 aliphatic carbocycles. The van der Waals surface area contributed by atoms with Crippen LogP contribution in [0.5, 0.6) is 0 Å². The van der Waals surface area contributed by atoms with Crippen molar-refractivity contribution < 1.29 is 8.42 Å². The second kappa shape index (κ2) is 7.91. The van der Waals surface area contributed by atoms with E-state index in [0.717, 1.165) is 41.8 Å². The number of benzene rings is 2. The Morgan fingerprint density at radius 3 is 2.57 bits per heavy atom. The SMILES string of the molecule is O=S(=O)(/C=C/c1ccc(Cl)cc1)NCc1nn(-c2ccccc2)c2c1CCC2. The maximum absolute atomic E-state index is 12.4. The van der Waals surface area contributed by atoms with Crippen molar-refractivity contribution in [3.8, 4) is 5.69 Å². The molecule has 2 aromatic carbocycles. The molecule has 3 aromatic rings. The molecule has 0 atom stereocenters. The Labute approximate surface area is 169 Å². The maximum Gasteiger partial charge on any atom is 0.234 e. The van der Waals surface area contributed by atoms with Crippen LogP contribution in [0.15, 0.2) is 60.0 Å². The number of para-hydroxylation sites is 1. The number of rotatable bonds is 6. The molecule has 1 heterocycles. The Morgan fingerprint density at radius 2 is 1.82 bits per heavy atom. The molecule has 0 unspecified atom stereocenters. The van der Waals surface area contributed by atoms with Crippen molar-refractivity contribution in [3.05, 3.63) is 87.5 Å². The minimum atomic E-state index is -3.57. The minimum absolute atomic E-state index is 0.176. The zero-order valence-electron chi connectivity index (χ0n) is 15.2. The molecule has 4 rings (SSSR count). The topological polar surface area (TPSA) is 64.0 Å². The summed E-state index contributed by atoms with van der Waals surface area (Å²) in [6.45, 7) is 0.176. The van der Waals surface area contributed by atoms with Crippen molar-refractivity contribution in [2.24, 2.45) is 0 Å². The van der Waals surface area contributed by atoms with E-state index < -0.39 is 10.0 Å². The van der Waals surface area contributed by atoms with Gasteiger partial charge < -0.3 is 0 Å². The van der Waals surface area contributed by atoms with Crippen molar-refractivity contribution in [2.75, 3.05) is 0 Å². The summed E-state index contributed by atoms with van der Waals surface area (Å²) in [7, 11) is -3.57.